The van der Waals surface area contributed by atoms with E-state index in [-0.39, 0.29) is 17.2 Å². The van der Waals surface area contributed by atoms with Crippen molar-refractivity contribution in [3.8, 4) is 6.07 Å². The average molecular weight is 713 g/mol. The third kappa shape index (κ3) is 6.66. The second-order valence-corrected chi connectivity index (χ2v) is 15.5. The number of allylic oxidation sites excluding steroid dienone is 6. The van der Waals surface area contributed by atoms with E-state index >= 15 is 0 Å². The zero-order valence-electron chi connectivity index (χ0n) is 31.1. The van der Waals surface area contributed by atoms with Gasteiger partial charge in [0, 0.05) is 28.7 Å². The zero-order chi connectivity index (χ0) is 37.2. The SMILES string of the molecule is N#Cc1ccc2c(c1)C1(CCCCC1)C1CC(Cc3ccc(C4C=CC(C(=N)N=C(N=Cc5ccccc5)c5ccccc5)=CC4)c4ccccc34)=CC=C21. The van der Waals surface area contributed by atoms with Crippen LogP contribution in [0.3, 0.4) is 0 Å². The minimum Gasteiger partial charge on any atom is -0.282 e. The molecule has 0 radical (unpaired) electrons. The van der Waals surface area contributed by atoms with Crippen molar-refractivity contribution in [3.63, 3.8) is 0 Å². The molecule has 0 aliphatic heterocycles. The molecule has 1 N–H and O–H groups in total. The van der Waals surface area contributed by atoms with Gasteiger partial charge in [0.2, 0.25) is 0 Å². The maximum atomic E-state index is 9.76. The number of fused-ring (bicyclic) bond motifs is 6. The van der Waals surface area contributed by atoms with Crippen molar-refractivity contribution in [1.82, 2.24) is 0 Å². The third-order valence-electron chi connectivity index (χ3n) is 12.4. The molecule has 4 heteroatoms. The van der Waals surface area contributed by atoms with Gasteiger partial charge in [-0.05, 0) is 94.3 Å². The van der Waals surface area contributed by atoms with Gasteiger partial charge in [-0.15, -0.1) is 0 Å². The molecule has 0 aromatic heterocycles. The number of hydrogen-bond donors (Lipinski definition) is 1. The molecule has 1 fully saturated rings. The molecule has 55 heavy (non-hydrogen) atoms. The van der Waals surface area contributed by atoms with Crippen molar-refractivity contribution < 1.29 is 0 Å². The summed E-state index contributed by atoms with van der Waals surface area (Å²) in [4.78, 5) is 9.44. The Labute approximate surface area is 324 Å². The second-order valence-electron chi connectivity index (χ2n) is 15.5. The van der Waals surface area contributed by atoms with Crippen molar-refractivity contribution in [1.29, 1.82) is 10.7 Å². The fourth-order valence-corrected chi connectivity index (χ4v) is 9.67. The molecule has 0 amide bonds. The number of nitrogens with one attached hydrogen (secondary N) is 1. The molecule has 0 saturated heterocycles. The molecule has 4 aliphatic rings. The molecular weight excluding hydrogens is 669 g/mol. The van der Waals surface area contributed by atoms with Gasteiger partial charge in [0.05, 0.1) is 11.6 Å². The Balaban J connectivity index is 0.952. The van der Waals surface area contributed by atoms with Gasteiger partial charge in [-0.25, -0.2) is 9.98 Å². The van der Waals surface area contributed by atoms with E-state index in [0.717, 1.165) is 41.5 Å². The van der Waals surface area contributed by atoms with Crippen molar-refractivity contribution in [2.75, 3.05) is 0 Å². The van der Waals surface area contributed by atoms with Crippen LogP contribution in [0.5, 0.6) is 0 Å². The highest BCUT2D eigenvalue weighted by atomic mass is 14.9. The number of amidine groups is 2. The zero-order valence-corrected chi connectivity index (χ0v) is 31.1. The maximum absolute atomic E-state index is 9.76. The Morgan fingerprint density at radius 2 is 1.60 bits per heavy atom. The van der Waals surface area contributed by atoms with Gasteiger partial charge >= 0.3 is 0 Å². The molecule has 4 aliphatic carbocycles. The van der Waals surface area contributed by atoms with Gasteiger partial charge in [0.15, 0.2) is 11.7 Å². The van der Waals surface area contributed by atoms with Crippen LogP contribution in [0.2, 0.25) is 0 Å². The monoisotopic (exact) mass is 712 g/mol. The lowest BCUT2D eigenvalue weighted by molar-refractivity contribution is 0.238. The topological polar surface area (TPSA) is 72.4 Å². The van der Waals surface area contributed by atoms with E-state index in [9.17, 15) is 5.26 Å². The van der Waals surface area contributed by atoms with Crippen LogP contribution in [-0.2, 0) is 11.8 Å². The molecule has 4 nitrogen and oxygen atoms in total. The molecule has 1 saturated carbocycles. The fraction of sp³-hybridized carbons (Fsp3) is 0.216. The lowest BCUT2D eigenvalue weighted by atomic mass is 9.62. The predicted molar refractivity (Wildman–Crippen MR) is 227 cm³/mol. The van der Waals surface area contributed by atoms with Crippen LogP contribution in [0.25, 0.3) is 16.3 Å². The first-order valence-electron chi connectivity index (χ1n) is 19.8. The molecule has 2 unspecified atom stereocenters. The number of nitriles is 1. The summed E-state index contributed by atoms with van der Waals surface area (Å²) in [7, 11) is 0. The quantitative estimate of drug-likeness (QED) is 0.138. The summed E-state index contributed by atoms with van der Waals surface area (Å²) in [5.74, 6) is 1.43. The van der Waals surface area contributed by atoms with Crippen molar-refractivity contribution in [2.45, 2.75) is 62.7 Å². The minimum atomic E-state index is 0.150. The number of rotatable bonds is 6. The second kappa shape index (κ2) is 14.9. The normalized spacial score (nSPS) is 20.1. The lowest BCUT2D eigenvalue weighted by Crippen LogP contribution is -2.34. The summed E-state index contributed by atoms with van der Waals surface area (Å²) >= 11 is 0. The van der Waals surface area contributed by atoms with Crippen molar-refractivity contribution in [3.05, 3.63) is 196 Å². The summed E-state index contributed by atoms with van der Waals surface area (Å²) in [6.07, 6.45) is 22.2. The van der Waals surface area contributed by atoms with E-state index in [1.807, 2.05) is 66.7 Å². The Hall–Kier alpha value is -6.18. The highest BCUT2D eigenvalue weighted by Crippen LogP contribution is 2.60. The first-order valence-corrected chi connectivity index (χ1v) is 19.8. The smallest absolute Gasteiger partial charge is 0.161 e. The number of hydrogen-bond acceptors (Lipinski definition) is 2. The predicted octanol–water partition coefficient (Wildman–Crippen LogP) is 12.0. The summed E-state index contributed by atoms with van der Waals surface area (Å²) in [6.45, 7) is 0. The largest absolute Gasteiger partial charge is 0.282 e. The van der Waals surface area contributed by atoms with E-state index in [4.69, 9.17) is 15.4 Å². The number of nitrogens with zero attached hydrogens (tertiary/aromatic N) is 3. The molecule has 0 heterocycles. The molecule has 5 aromatic carbocycles. The van der Waals surface area contributed by atoms with Crippen LogP contribution in [0, 0.1) is 22.7 Å². The van der Waals surface area contributed by atoms with Crippen LogP contribution in [0.1, 0.15) is 89.8 Å². The van der Waals surface area contributed by atoms with Gasteiger partial charge in [-0.3, -0.25) is 5.41 Å². The number of benzene rings is 5. The summed E-state index contributed by atoms with van der Waals surface area (Å²) in [5.41, 5.74) is 12.1. The lowest BCUT2D eigenvalue weighted by Gasteiger charge is -2.41. The van der Waals surface area contributed by atoms with Crippen LogP contribution >= 0.6 is 0 Å². The first kappa shape index (κ1) is 34.6. The molecule has 268 valence electrons. The fourth-order valence-electron chi connectivity index (χ4n) is 9.67. The summed E-state index contributed by atoms with van der Waals surface area (Å²) in [5, 5.41) is 21.3. The Kier molecular flexibility index (Phi) is 9.38. The van der Waals surface area contributed by atoms with Gasteiger partial charge in [-0.1, -0.05) is 158 Å². The van der Waals surface area contributed by atoms with Gasteiger partial charge in [0.1, 0.15) is 0 Å². The van der Waals surface area contributed by atoms with E-state index in [2.05, 4.69) is 85.0 Å². The van der Waals surface area contributed by atoms with Crippen LogP contribution in [0.15, 0.2) is 167 Å². The van der Waals surface area contributed by atoms with E-state index in [1.165, 1.54) is 76.3 Å². The molecule has 2 atom stereocenters. The van der Waals surface area contributed by atoms with Gasteiger partial charge < -0.3 is 0 Å². The molecular formula is C51H44N4. The van der Waals surface area contributed by atoms with E-state index < -0.39 is 0 Å². The first-order chi connectivity index (χ1) is 27.1. The summed E-state index contributed by atoms with van der Waals surface area (Å²) in [6, 6.07) is 42.3. The van der Waals surface area contributed by atoms with Crippen LogP contribution < -0.4 is 0 Å². The summed E-state index contributed by atoms with van der Waals surface area (Å²) < 4.78 is 0. The molecule has 1 spiro atoms. The molecule has 0 bridgehead atoms. The Bertz CT molecular complexity index is 2520. The van der Waals surface area contributed by atoms with Crippen LogP contribution in [0.4, 0.5) is 0 Å². The standard InChI is InChI=1S/C51H44N4/c52-33-37-19-26-46-45-25-18-36(31-47(45)51(48(46)32-37)28-10-3-11-29-51)30-41-24-27-43(44-17-9-8-16-42(41)44)38-20-22-39(23-21-38)49(53)55-50(40-14-6-2-7-15-40)54-34-35-12-4-1-5-13-35/h1-2,4-9,12-20,22-27,32,34,38,47,53H,3,10-11,21,28-31H2. The van der Waals surface area contributed by atoms with Crippen molar-refractivity contribution >= 4 is 34.2 Å². The third-order valence-corrected chi connectivity index (χ3v) is 12.4. The highest BCUT2D eigenvalue weighted by Gasteiger charge is 2.50. The van der Waals surface area contributed by atoms with E-state index in [0.29, 0.717) is 11.8 Å². The van der Waals surface area contributed by atoms with Crippen molar-refractivity contribution in [2.24, 2.45) is 15.9 Å². The van der Waals surface area contributed by atoms with E-state index in [1.54, 1.807) is 6.21 Å². The number of aliphatic imine (C=N–C) groups is 2. The highest BCUT2D eigenvalue weighted by molar-refractivity contribution is 6.14. The maximum Gasteiger partial charge on any atom is 0.161 e. The van der Waals surface area contributed by atoms with Gasteiger partial charge in [0.25, 0.3) is 0 Å². The molecule has 9 rings (SSSR count). The average Bonchev–Trinajstić information content (AvgIpc) is 3.50. The minimum absolute atomic E-state index is 0.150. The molecule has 5 aromatic rings. The Morgan fingerprint density at radius 1 is 0.836 bits per heavy atom. The Morgan fingerprint density at radius 3 is 2.36 bits per heavy atom. The van der Waals surface area contributed by atoms with Gasteiger partial charge in [-0.2, -0.15) is 5.26 Å². The van der Waals surface area contributed by atoms with Crippen LogP contribution in [-0.4, -0.2) is 17.9 Å².